The summed E-state index contributed by atoms with van der Waals surface area (Å²) in [5, 5.41) is 5.68. The number of benzene rings is 2. The van der Waals surface area contributed by atoms with Gasteiger partial charge in [-0.3, -0.25) is 14.4 Å². The number of aryl methyl sites for hydroxylation is 1. The van der Waals surface area contributed by atoms with Gasteiger partial charge in [0.15, 0.2) is 6.61 Å². The summed E-state index contributed by atoms with van der Waals surface area (Å²) >= 11 is 0. The molecule has 31 heavy (non-hydrogen) atoms. The summed E-state index contributed by atoms with van der Waals surface area (Å²) in [6.45, 7) is 3.16. The second-order valence-electron chi connectivity index (χ2n) is 8.12. The largest absolute Gasteiger partial charge is 0.484 e. The zero-order valence-electron chi connectivity index (χ0n) is 17.6. The molecule has 0 bridgehead atoms. The fourth-order valence-electron chi connectivity index (χ4n) is 3.72. The average Bonchev–Trinajstić information content (AvgIpc) is 3.47. The SMILES string of the molecule is Cc1cccc(NC(=O)COc2cccc(NC(=O)C3CC3)c2)c1C(=O)N1CCCC1. The maximum Gasteiger partial charge on any atom is 0.262 e. The molecule has 162 valence electrons. The normalized spacial score (nSPS) is 15.5. The molecule has 2 aliphatic rings. The van der Waals surface area contributed by atoms with Crippen LogP contribution in [0.25, 0.3) is 0 Å². The number of nitrogens with one attached hydrogen (secondary N) is 2. The molecule has 2 aromatic carbocycles. The first-order valence-electron chi connectivity index (χ1n) is 10.7. The van der Waals surface area contributed by atoms with Crippen molar-refractivity contribution in [3.8, 4) is 5.75 Å². The van der Waals surface area contributed by atoms with Gasteiger partial charge >= 0.3 is 0 Å². The van der Waals surface area contributed by atoms with Gasteiger partial charge < -0.3 is 20.3 Å². The van der Waals surface area contributed by atoms with Crippen LogP contribution >= 0.6 is 0 Å². The maximum absolute atomic E-state index is 12.9. The Balaban J connectivity index is 1.37. The molecule has 2 N–H and O–H groups in total. The molecule has 0 unspecified atom stereocenters. The van der Waals surface area contributed by atoms with Gasteiger partial charge in [-0.05, 0) is 56.4 Å². The molecule has 0 atom stereocenters. The molecule has 2 aromatic rings. The Labute approximate surface area is 181 Å². The molecule has 0 spiro atoms. The first-order chi connectivity index (χ1) is 15.0. The van der Waals surface area contributed by atoms with E-state index in [-0.39, 0.29) is 30.2 Å². The van der Waals surface area contributed by atoms with Crippen molar-refractivity contribution in [1.82, 2.24) is 4.90 Å². The predicted octanol–water partition coefficient (Wildman–Crippen LogP) is 3.60. The monoisotopic (exact) mass is 421 g/mol. The second-order valence-corrected chi connectivity index (χ2v) is 8.12. The third-order valence-electron chi connectivity index (χ3n) is 5.57. The molecule has 1 aliphatic carbocycles. The van der Waals surface area contributed by atoms with Crippen molar-refractivity contribution in [2.75, 3.05) is 30.3 Å². The van der Waals surface area contributed by atoms with Crippen molar-refractivity contribution >= 4 is 29.1 Å². The number of nitrogens with zero attached hydrogens (tertiary/aromatic N) is 1. The summed E-state index contributed by atoms with van der Waals surface area (Å²) < 4.78 is 5.61. The molecular formula is C24H27N3O4. The lowest BCUT2D eigenvalue weighted by atomic mass is 10.0. The number of carbonyl (C=O) groups is 3. The Kier molecular flexibility index (Phi) is 6.21. The Morgan fingerprint density at radius 2 is 1.77 bits per heavy atom. The Morgan fingerprint density at radius 3 is 2.52 bits per heavy atom. The van der Waals surface area contributed by atoms with Gasteiger partial charge in [0, 0.05) is 30.8 Å². The van der Waals surface area contributed by atoms with E-state index < -0.39 is 0 Å². The van der Waals surface area contributed by atoms with E-state index in [0.29, 0.717) is 22.7 Å². The van der Waals surface area contributed by atoms with Crippen molar-refractivity contribution in [3.05, 3.63) is 53.6 Å². The van der Waals surface area contributed by atoms with Crippen LogP contribution in [0.4, 0.5) is 11.4 Å². The molecule has 7 nitrogen and oxygen atoms in total. The highest BCUT2D eigenvalue weighted by molar-refractivity contribution is 6.05. The zero-order chi connectivity index (χ0) is 21.8. The summed E-state index contributed by atoms with van der Waals surface area (Å²) in [4.78, 5) is 39.2. The molecule has 7 heteroatoms. The number of hydrogen-bond donors (Lipinski definition) is 2. The summed E-state index contributed by atoms with van der Waals surface area (Å²) in [6, 6.07) is 12.4. The molecule has 1 saturated carbocycles. The van der Waals surface area contributed by atoms with Crippen LogP contribution in [0, 0.1) is 12.8 Å². The van der Waals surface area contributed by atoms with E-state index >= 15 is 0 Å². The topological polar surface area (TPSA) is 87.7 Å². The summed E-state index contributed by atoms with van der Waals surface area (Å²) in [5.41, 5.74) is 2.50. The summed E-state index contributed by atoms with van der Waals surface area (Å²) in [6.07, 6.45) is 3.88. The van der Waals surface area contributed by atoms with Gasteiger partial charge in [-0.25, -0.2) is 0 Å². The van der Waals surface area contributed by atoms with Crippen LogP contribution in [0.1, 0.15) is 41.6 Å². The number of ether oxygens (including phenoxy) is 1. The van der Waals surface area contributed by atoms with Gasteiger partial charge in [0.1, 0.15) is 5.75 Å². The number of likely N-dealkylation sites (tertiary alicyclic amines) is 1. The molecule has 1 heterocycles. The lowest BCUT2D eigenvalue weighted by molar-refractivity contribution is -0.118. The summed E-state index contributed by atoms with van der Waals surface area (Å²) in [5.74, 6) is 0.215. The van der Waals surface area contributed by atoms with Gasteiger partial charge in [-0.15, -0.1) is 0 Å². The average molecular weight is 421 g/mol. The zero-order valence-corrected chi connectivity index (χ0v) is 17.6. The van der Waals surface area contributed by atoms with Crippen LogP contribution in [-0.4, -0.2) is 42.3 Å². The van der Waals surface area contributed by atoms with E-state index in [9.17, 15) is 14.4 Å². The first-order valence-corrected chi connectivity index (χ1v) is 10.7. The standard InChI is InChI=1S/C24H27N3O4/c1-16-6-4-9-20(22(16)24(30)27-12-2-3-13-27)26-21(28)15-31-19-8-5-7-18(14-19)25-23(29)17-10-11-17/h4-9,14,17H,2-3,10-13,15H2,1H3,(H,25,29)(H,26,28). The fraction of sp³-hybridized carbons (Fsp3) is 0.375. The highest BCUT2D eigenvalue weighted by atomic mass is 16.5. The lowest BCUT2D eigenvalue weighted by Crippen LogP contribution is -2.30. The Hall–Kier alpha value is -3.35. The molecule has 1 aliphatic heterocycles. The van der Waals surface area contributed by atoms with Gasteiger partial charge in [0.05, 0.1) is 11.3 Å². The third-order valence-corrected chi connectivity index (χ3v) is 5.57. The van der Waals surface area contributed by atoms with Crippen molar-refractivity contribution in [2.24, 2.45) is 5.92 Å². The highest BCUT2D eigenvalue weighted by Gasteiger charge is 2.29. The highest BCUT2D eigenvalue weighted by Crippen LogP contribution is 2.30. The van der Waals surface area contributed by atoms with Crippen LogP contribution in [0.15, 0.2) is 42.5 Å². The van der Waals surface area contributed by atoms with Crippen molar-refractivity contribution in [3.63, 3.8) is 0 Å². The lowest BCUT2D eigenvalue weighted by Gasteiger charge is -2.19. The van der Waals surface area contributed by atoms with E-state index in [4.69, 9.17) is 4.74 Å². The van der Waals surface area contributed by atoms with Crippen LogP contribution in [-0.2, 0) is 9.59 Å². The van der Waals surface area contributed by atoms with E-state index in [1.54, 1.807) is 30.3 Å². The van der Waals surface area contributed by atoms with E-state index in [2.05, 4.69) is 10.6 Å². The van der Waals surface area contributed by atoms with Gasteiger partial charge in [-0.2, -0.15) is 0 Å². The summed E-state index contributed by atoms with van der Waals surface area (Å²) in [7, 11) is 0. The first kappa shape index (κ1) is 20.9. The fourth-order valence-corrected chi connectivity index (χ4v) is 3.72. The van der Waals surface area contributed by atoms with Crippen molar-refractivity contribution in [2.45, 2.75) is 32.6 Å². The number of rotatable bonds is 7. The maximum atomic E-state index is 12.9. The van der Waals surface area contributed by atoms with Crippen molar-refractivity contribution < 1.29 is 19.1 Å². The Morgan fingerprint density at radius 1 is 1.03 bits per heavy atom. The minimum absolute atomic E-state index is 0.0181. The number of amides is 3. The number of hydrogen-bond acceptors (Lipinski definition) is 4. The minimum atomic E-state index is -0.353. The third kappa shape index (κ3) is 5.23. The molecule has 4 rings (SSSR count). The predicted molar refractivity (Wildman–Crippen MR) is 118 cm³/mol. The molecule has 2 fully saturated rings. The van der Waals surface area contributed by atoms with Crippen LogP contribution in [0.2, 0.25) is 0 Å². The molecule has 1 saturated heterocycles. The minimum Gasteiger partial charge on any atom is -0.484 e. The number of anilines is 2. The van der Waals surface area contributed by atoms with Crippen LogP contribution in [0.5, 0.6) is 5.75 Å². The molecule has 0 aromatic heterocycles. The van der Waals surface area contributed by atoms with Gasteiger partial charge in [0.25, 0.3) is 11.8 Å². The van der Waals surface area contributed by atoms with Gasteiger partial charge in [0.2, 0.25) is 5.91 Å². The second kappa shape index (κ2) is 9.20. The van der Waals surface area contributed by atoms with E-state index in [1.165, 1.54) is 0 Å². The smallest absolute Gasteiger partial charge is 0.262 e. The van der Waals surface area contributed by atoms with Crippen LogP contribution in [0.3, 0.4) is 0 Å². The molecule has 0 radical (unpaired) electrons. The van der Waals surface area contributed by atoms with E-state index in [0.717, 1.165) is 44.3 Å². The molecular weight excluding hydrogens is 394 g/mol. The van der Waals surface area contributed by atoms with Crippen molar-refractivity contribution in [1.29, 1.82) is 0 Å². The quantitative estimate of drug-likeness (QED) is 0.715. The van der Waals surface area contributed by atoms with E-state index in [1.807, 2.05) is 24.0 Å². The van der Waals surface area contributed by atoms with Crippen LogP contribution < -0.4 is 15.4 Å². The molecule has 3 amide bonds. The van der Waals surface area contributed by atoms with Gasteiger partial charge in [-0.1, -0.05) is 18.2 Å². The Bertz CT molecular complexity index is 994. The number of carbonyl (C=O) groups excluding carboxylic acids is 3.